The van der Waals surface area contributed by atoms with Crippen LogP contribution in [0, 0.1) is 5.41 Å². The summed E-state index contributed by atoms with van der Waals surface area (Å²) >= 11 is 0. The molecule has 1 rings (SSSR count). The first-order chi connectivity index (χ1) is 5.46. The predicted molar refractivity (Wildman–Crippen MR) is 44.0 cm³/mol. The Kier molecular flexibility index (Phi) is 2.28. The van der Waals surface area contributed by atoms with Gasteiger partial charge in [0.2, 0.25) is 0 Å². The van der Waals surface area contributed by atoms with E-state index in [1.54, 1.807) is 0 Å². The summed E-state index contributed by atoms with van der Waals surface area (Å²) in [4.78, 5) is 12.0. The van der Waals surface area contributed by atoms with Gasteiger partial charge < -0.3 is 15.1 Å². The van der Waals surface area contributed by atoms with E-state index in [1.165, 1.54) is 4.90 Å². The monoisotopic (exact) mass is 173 g/mol. The maximum atomic E-state index is 10.7. The number of hydrogen-bond donors (Lipinski definition) is 2. The van der Waals surface area contributed by atoms with Gasteiger partial charge in [-0.2, -0.15) is 0 Å². The molecule has 4 heteroatoms. The van der Waals surface area contributed by atoms with Gasteiger partial charge >= 0.3 is 6.09 Å². The number of aliphatic hydroxyl groups is 1. The SMILES string of the molecule is CC1(C)C[C@H](CO)N(C(=O)O)C1. The van der Waals surface area contributed by atoms with Crippen LogP contribution in [-0.2, 0) is 0 Å². The molecule has 0 aliphatic carbocycles. The summed E-state index contributed by atoms with van der Waals surface area (Å²) in [7, 11) is 0. The van der Waals surface area contributed by atoms with E-state index in [9.17, 15) is 4.79 Å². The number of carbonyl (C=O) groups is 1. The standard InChI is InChI=1S/C8H15NO3/c1-8(2)3-6(4-10)9(5-8)7(11)12/h6,10H,3-5H2,1-2H3,(H,11,12)/t6-/m1/s1. The van der Waals surface area contributed by atoms with E-state index >= 15 is 0 Å². The lowest BCUT2D eigenvalue weighted by Gasteiger charge is -2.19. The Labute approximate surface area is 71.8 Å². The van der Waals surface area contributed by atoms with Gasteiger partial charge in [0.1, 0.15) is 0 Å². The van der Waals surface area contributed by atoms with Crippen LogP contribution < -0.4 is 0 Å². The normalized spacial score (nSPS) is 27.6. The Hall–Kier alpha value is -0.770. The molecule has 1 fully saturated rings. The van der Waals surface area contributed by atoms with E-state index < -0.39 is 6.09 Å². The molecular weight excluding hydrogens is 158 g/mol. The zero-order chi connectivity index (χ0) is 9.35. The Morgan fingerprint density at radius 3 is 2.58 bits per heavy atom. The van der Waals surface area contributed by atoms with Gasteiger partial charge in [-0.3, -0.25) is 0 Å². The van der Waals surface area contributed by atoms with Crippen molar-refractivity contribution in [1.82, 2.24) is 4.90 Å². The van der Waals surface area contributed by atoms with Gasteiger partial charge in [-0.15, -0.1) is 0 Å². The van der Waals surface area contributed by atoms with E-state index in [-0.39, 0.29) is 18.1 Å². The van der Waals surface area contributed by atoms with Crippen molar-refractivity contribution in [3.8, 4) is 0 Å². The fourth-order valence-electron chi connectivity index (χ4n) is 1.79. The van der Waals surface area contributed by atoms with Gasteiger partial charge in [0.25, 0.3) is 0 Å². The number of carboxylic acid groups (broad SMARTS) is 1. The topological polar surface area (TPSA) is 60.8 Å². The number of likely N-dealkylation sites (tertiary alicyclic amines) is 1. The van der Waals surface area contributed by atoms with Gasteiger partial charge in [0, 0.05) is 6.54 Å². The highest BCUT2D eigenvalue weighted by molar-refractivity contribution is 5.66. The molecule has 0 aromatic carbocycles. The first kappa shape index (κ1) is 9.32. The van der Waals surface area contributed by atoms with Gasteiger partial charge in [-0.25, -0.2) is 4.79 Å². The van der Waals surface area contributed by atoms with Crippen LogP contribution in [0.15, 0.2) is 0 Å². The van der Waals surface area contributed by atoms with E-state index in [2.05, 4.69) is 0 Å². The Balaban J connectivity index is 2.69. The number of amides is 1. The summed E-state index contributed by atoms with van der Waals surface area (Å²) in [5.74, 6) is 0. The van der Waals surface area contributed by atoms with Crippen LogP contribution in [0.5, 0.6) is 0 Å². The van der Waals surface area contributed by atoms with Crippen molar-refractivity contribution in [1.29, 1.82) is 0 Å². The fraction of sp³-hybridized carbons (Fsp3) is 0.875. The summed E-state index contributed by atoms with van der Waals surface area (Å²) in [6.07, 6.45) is -0.185. The smallest absolute Gasteiger partial charge is 0.407 e. The number of nitrogens with zero attached hydrogens (tertiary/aromatic N) is 1. The molecule has 0 radical (unpaired) electrons. The average molecular weight is 173 g/mol. The second-order valence-electron chi connectivity index (χ2n) is 4.12. The van der Waals surface area contributed by atoms with Gasteiger partial charge in [-0.05, 0) is 11.8 Å². The molecule has 0 bridgehead atoms. The van der Waals surface area contributed by atoms with Crippen molar-refractivity contribution >= 4 is 6.09 Å². The Morgan fingerprint density at radius 2 is 2.25 bits per heavy atom. The first-order valence-electron chi connectivity index (χ1n) is 4.07. The Morgan fingerprint density at radius 1 is 1.67 bits per heavy atom. The fourth-order valence-corrected chi connectivity index (χ4v) is 1.79. The zero-order valence-corrected chi connectivity index (χ0v) is 7.45. The number of aliphatic hydroxyl groups excluding tert-OH is 1. The van der Waals surface area contributed by atoms with Crippen molar-refractivity contribution in [3.63, 3.8) is 0 Å². The zero-order valence-electron chi connectivity index (χ0n) is 7.45. The molecule has 1 atom stereocenters. The minimum atomic E-state index is -0.931. The van der Waals surface area contributed by atoms with Crippen molar-refractivity contribution in [3.05, 3.63) is 0 Å². The maximum Gasteiger partial charge on any atom is 0.407 e. The molecule has 1 saturated heterocycles. The molecule has 1 aliphatic rings. The second kappa shape index (κ2) is 2.94. The first-order valence-corrected chi connectivity index (χ1v) is 4.07. The van der Waals surface area contributed by atoms with Crippen LogP contribution in [-0.4, -0.2) is 40.4 Å². The van der Waals surface area contributed by atoms with Crippen LogP contribution in [0.2, 0.25) is 0 Å². The van der Waals surface area contributed by atoms with E-state index in [1.807, 2.05) is 13.8 Å². The lowest BCUT2D eigenvalue weighted by Crippen LogP contribution is -2.36. The number of rotatable bonds is 1. The molecule has 70 valence electrons. The molecule has 2 N–H and O–H groups in total. The van der Waals surface area contributed by atoms with Gasteiger partial charge in [0.15, 0.2) is 0 Å². The molecule has 0 aromatic rings. The van der Waals surface area contributed by atoms with Crippen LogP contribution in [0.1, 0.15) is 20.3 Å². The molecule has 0 spiro atoms. The summed E-state index contributed by atoms with van der Waals surface area (Å²) in [5.41, 5.74) is 0.00574. The summed E-state index contributed by atoms with van der Waals surface area (Å²) in [6.45, 7) is 4.47. The molecule has 1 aliphatic heterocycles. The summed E-state index contributed by atoms with van der Waals surface area (Å²) in [6, 6.07) is -0.211. The molecule has 1 amide bonds. The van der Waals surface area contributed by atoms with E-state index in [0.29, 0.717) is 6.54 Å². The highest BCUT2D eigenvalue weighted by atomic mass is 16.4. The summed E-state index contributed by atoms with van der Waals surface area (Å²) in [5, 5.41) is 17.7. The van der Waals surface area contributed by atoms with Crippen molar-refractivity contribution in [2.45, 2.75) is 26.3 Å². The third kappa shape index (κ3) is 1.69. The molecule has 12 heavy (non-hydrogen) atoms. The highest BCUT2D eigenvalue weighted by Gasteiger charge is 2.39. The van der Waals surface area contributed by atoms with E-state index in [0.717, 1.165) is 6.42 Å². The predicted octanol–water partition coefficient (Wildman–Crippen LogP) is 0.757. The van der Waals surface area contributed by atoms with Crippen LogP contribution in [0.4, 0.5) is 4.79 Å². The molecule has 0 saturated carbocycles. The van der Waals surface area contributed by atoms with Crippen molar-refractivity contribution in [2.75, 3.05) is 13.2 Å². The lowest BCUT2D eigenvalue weighted by atomic mass is 9.91. The minimum Gasteiger partial charge on any atom is -0.465 e. The molecule has 0 aromatic heterocycles. The average Bonchev–Trinajstić information content (AvgIpc) is 2.25. The van der Waals surface area contributed by atoms with Crippen LogP contribution >= 0.6 is 0 Å². The minimum absolute atomic E-state index is 0.00574. The van der Waals surface area contributed by atoms with Crippen molar-refractivity contribution < 1.29 is 15.0 Å². The van der Waals surface area contributed by atoms with Crippen LogP contribution in [0.3, 0.4) is 0 Å². The maximum absolute atomic E-state index is 10.7. The van der Waals surface area contributed by atoms with Gasteiger partial charge in [0.05, 0.1) is 12.6 Å². The van der Waals surface area contributed by atoms with Crippen LogP contribution in [0.25, 0.3) is 0 Å². The molecule has 4 nitrogen and oxygen atoms in total. The molecular formula is C8H15NO3. The third-order valence-corrected chi connectivity index (χ3v) is 2.28. The third-order valence-electron chi connectivity index (χ3n) is 2.28. The lowest BCUT2D eigenvalue weighted by molar-refractivity contribution is 0.117. The quantitative estimate of drug-likeness (QED) is 0.615. The van der Waals surface area contributed by atoms with Crippen molar-refractivity contribution in [2.24, 2.45) is 5.41 Å². The summed E-state index contributed by atoms with van der Waals surface area (Å²) < 4.78 is 0. The second-order valence-corrected chi connectivity index (χ2v) is 4.12. The van der Waals surface area contributed by atoms with E-state index in [4.69, 9.17) is 10.2 Å². The molecule has 1 heterocycles. The molecule has 0 unspecified atom stereocenters. The Bertz CT molecular complexity index is 191. The number of hydrogen-bond acceptors (Lipinski definition) is 2. The largest absolute Gasteiger partial charge is 0.465 e. The van der Waals surface area contributed by atoms with Gasteiger partial charge in [-0.1, -0.05) is 13.8 Å². The highest BCUT2D eigenvalue weighted by Crippen LogP contribution is 2.33.